The van der Waals surface area contributed by atoms with Crippen LogP contribution >= 0.6 is 0 Å². The molecular formula is C10H19N3O2. The van der Waals surface area contributed by atoms with Gasteiger partial charge in [0.25, 0.3) is 0 Å². The molecule has 1 unspecified atom stereocenters. The third-order valence-electron chi connectivity index (χ3n) is 2.80. The average molecular weight is 213 g/mol. The molecule has 0 aromatic carbocycles. The molecule has 0 spiro atoms. The molecule has 0 radical (unpaired) electrons. The van der Waals surface area contributed by atoms with E-state index in [2.05, 4.69) is 16.1 Å². The lowest BCUT2D eigenvalue weighted by Gasteiger charge is -2.22. The Bertz CT molecular complexity index is 213. The van der Waals surface area contributed by atoms with Crippen molar-refractivity contribution in [3.05, 3.63) is 0 Å². The minimum atomic E-state index is -0.207. The molecule has 1 saturated carbocycles. The van der Waals surface area contributed by atoms with Gasteiger partial charge < -0.3 is 10.6 Å². The van der Waals surface area contributed by atoms with Crippen LogP contribution in [0, 0.1) is 5.92 Å². The van der Waals surface area contributed by atoms with E-state index >= 15 is 0 Å². The van der Waals surface area contributed by atoms with Crippen molar-refractivity contribution in [2.24, 2.45) is 5.92 Å². The third kappa shape index (κ3) is 4.05. The lowest BCUT2D eigenvalue weighted by molar-refractivity contribution is 0.0314. The van der Waals surface area contributed by atoms with E-state index in [1.165, 1.54) is 12.8 Å². The van der Waals surface area contributed by atoms with E-state index in [0.717, 1.165) is 25.9 Å². The fourth-order valence-electron chi connectivity index (χ4n) is 1.73. The van der Waals surface area contributed by atoms with Gasteiger partial charge in [-0.2, -0.15) is 0 Å². The van der Waals surface area contributed by atoms with Crippen LogP contribution in [0.4, 0.5) is 4.79 Å². The van der Waals surface area contributed by atoms with Crippen LogP contribution in [0.5, 0.6) is 0 Å². The largest absolute Gasteiger partial charge is 0.338 e. The summed E-state index contributed by atoms with van der Waals surface area (Å²) in [6.45, 7) is 2.70. The van der Waals surface area contributed by atoms with Crippen LogP contribution in [0.1, 0.15) is 25.7 Å². The summed E-state index contributed by atoms with van der Waals surface area (Å²) < 4.78 is 0. The van der Waals surface area contributed by atoms with Crippen molar-refractivity contribution in [1.29, 1.82) is 0 Å². The maximum Gasteiger partial charge on any atom is 0.338 e. The van der Waals surface area contributed by atoms with Crippen molar-refractivity contribution in [2.45, 2.75) is 31.7 Å². The molecule has 15 heavy (non-hydrogen) atoms. The molecule has 1 saturated heterocycles. The van der Waals surface area contributed by atoms with Gasteiger partial charge in [-0.3, -0.25) is 4.84 Å². The maximum atomic E-state index is 11.2. The van der Waals surface area contributed by atoms with Crippen LogP contribution < -0.4 is 16.1 Å². The number of carbonyl (C=O) groups excluding carboxylic acids is 1. The molecule has 0 aromatic rings. The van der Waals surface area contributed by atoms with Crippen LogP contribution in [0.15, 0.2) is 0 Å². The Morgan fingerprint density at radius 3 is 2.93 bits per heavy atom. The number of amides is 2. The number of nitrogens with one attached hydrogen (secondary N) is 3. The van der Waals surface area contributed by atoms with Crippen molar-refractivity contribution >= 4 is 6.03 Å². The summed E-state index contributed by atoms with van der Waals surface area (Å²) >= 11 is 0. The van der Waals surface area contributed by atoms with Crippen molar-refractivity contribution in [3.8, 4) is 0 Å². The molecule has 2 aliphatic rings. The smallest absolute Gasteiger partial charge is 0.334 e. The Morgan fingerprint density at radius 2 is 2.27 bits per heavy atom. The number of hydrogen-bond donors (Lipinski definition) is 3. The number of hydrogen-bond acceptors (Lipinski definition) is 3. The molecule has 0 aromatic heterocycles. The molecule has 1 aliphatic carbocycles. The van der Waals surface area contributed by atoms with Gasteiger partial charge in [0.05, 0.1) is 6.61 Å². The van der Waals surface area contributed by atoms with Crippen molar-refractivity contribution in [1.82, 2.24) is 16.1 Å². The SMILES string of the molecule is O=C(NOCC1CCCNC1)NC1CC1. The van der Waals surface area contributed by atoms with E-state index in [-0.39, 0.29) is 6.03 Å². The number of hydroxylamine groups is 1. The minimum Gasteiger partial charge on any atom is -0.334 e. The van der Waals surface area contributed by atoms with E-state index in [4.69, 9.17) is 4.84 Å². The predicted octanol–water partition coefficient (Wildman–Crippen LogP) is 0.379. The first kappa shape index (κ1) is 10.7. The minimum absolute atomic E-state index is 0.207. The van der Waals surface area contributed by atoms with E-state index < -0.39 is 0 Å². The van der Waals surface area contributed by atoms with Gasteiger partial charge in [0, 0.05) is 12.6 Å². The molecule has 1 heterocycles. The monoisotopic (exact) mass is 213 g/mol. The molecule has 1 atom stereocenters. The topological polar surface area (TPSA) is 62.4 Å². The second-order valence-corrected chi connectivity index (χ2v) is 4.37. The van der Waals surface area contributed by atoms with Crippen LogP contribution in [0.3, 0.4) is 0 Å². The van der Waals surface area contributed by atoms with Gasteiger partial charge in [-0.05, 0) is 38.1 Å². The predicted molar refractivity (Wildman–Crippen MR) is 56.2 cm³/mol. The van der Waals surface area contributed by atoms with E-state index in [9.17, 15) is 4.79 Å². The Hall–Kier alpha value is -0.810. The van der Waals surface area contributed by atoms with Crippen molar-refractivity contribution < 1.29 is 9.63 Å². The van der Waals surface area contributed by atoms with Crippen molar-refractivity contribution in [3.63, 3.8) is 0 Å². The first-order valence-corrected chi connectivity index (χ1v) is 5.73. The van der Waals surface area contributed by atoms with E-state index in [0.29, 0.717) is 18.6 Å². The first-order valence-electron chi connectivity index (χ1n) is 5.73. The van der Waals surface area contributed by atoms with Gasteiger partial charge in [-0.15, -0.1) is 0 Å². The lowest BCUT2D eigenvalue weighted by Crippen LogP contribution is -2.39. The molecule has 86 valence electrons. The fourth-order valence-corrected chi connectivity index (χ4v) is 1.73. The number of carbonyl (C=O) groups is 1. The Balaban J connectivity index is 1.51. The highest BCUT2D eigenvalue weighted by atomic mass is 16.7. The number of urea groups is 1. The lowest BCUT2D eigenvalue weighted by atomic mass is 10.0. The summed E-state index contributed by atoms with van der Waals surface area (Å²) in [5.41, 5.74) is 2.42. The molecule has 3 N–H and O–H groups in total. The zero-order valence-electron chi connectivity index (χ0n) is 8.92. The van der Waals surface area contributed by atoms with Crippen LogP contribution in [-0.4, -0.2) is 31.8 Å². The number of rotatable bonds is 4. The summed E-state index contributed by atoms with van der Waals surface area (Å²) in [7, 11) is 0. The summed E-state index contributed by atoms with van der Waals surface area (Å²) in [6.07, 6.45) is 4.57. The Kier molecular flexibility index (Phi) is 3.80. The fraction of sp³-hybridized carbons (Fsp3) is 0.900. The highest BCUT2D eigenvalue weighted by molar-refractivity contribution is 5.73. The summed E-state index contributed by atoms with van der Waals surface area (Å²) in [5, 5.41) is 6.11. The maximum absolute atomic E-state index is 11.2. The summed E-state index contributed by atoms with van der Waals surface area (Å²) in [5.74, 6) is 0.528. The molecule has 1 aliphatic heterocycles. The number of piperidine rings is 1. The Morgan fingerprint density at radius 1 is 1.40 bits per heavy atom. The average Bonchev–Trinajstić information content (AvgIpc) is 3.03. The quantitative estimate of drug-likeness (QED) is 0.592. The van der Waals surface area contributed by atoms with E-state index in [1.807, 2.05) is 0 Å². The molecule has 0 bridgehead atoms. The molecule has 2 rings (SSSR count). The van der Waals surface area contributed by atoms with Gasteiger partial charge in [-0.25, -0.2) is 10.3 Å². The first-order chi connectivity index (χ1) is 7.34. The molecular weight excluding hydrogens is 194 g/mol. The highest BCUT2D eigenvalue weighted by Gasteiger charge is 2.23. The molecule has 5 nitrogen and oxygen atoms in total. The van der Waals surface area contributed by atoms with Gasteiger partial charge >= 0.3 is 6.03 Å². The zero-order valence-corrected chi connectivity index (χ0v) is 8.92. The normalized spacial score (nSPS) is 26.0. The molecule has 5 heteroatoms. The van der Waals surface area contributed by atoms with Gasteiger partial charge in [-0.1, -0.05) is 0 Å². The van der Waals surface area contributed by atoms with Gasteiger partial charge in [0.1, 0.15) is 0 Å². The third-order valence-corrected chi connectivity index (χ3v) is 2.80. The van der Waals surface area contributed by atoms with Crippen LogP contribution in [-0.2, 0) is 4.84 Å². The summed E-state index contributed by atoms with van der Waals surface area (Å²) in [4.78, 5) is 16.3. The second kappa shape index (κ2) is 5.32. The second-order valence-electron chi connectivity index (χ2n) is 4.37. The van der Waals surface area contributed by atoms with Crippen molar-refractivity contribution in [2.75, 3.05) is 19.7 Å². The molecule has 2 fully saturated rings. The van der Waals surface area contributed by atoms with Crippen LogP contribution in [0.2, 0.25) is 0 Å². The van der Waals surface area contributed by atoms with Gasteiger partial charge in [0.15, 0.2) is 0 Å². The Labute approximate surface area is 89.9 Å². The van der Waals surface area contributed by atoms with Gasteiger partial charge in [0.2, 0.25) is 0 Å². The standard InChI is InChI=1S/C10H19N3O2/c14-10(12-9-3-4-9)13-15-7-8-2-1-5-11-6-8/h8-9,11H,1-7H2,(H2,12,13,14). The summed E-state index contributed by atoms with van der Waals surface area (Å²) in [6, 6.07) is 0.172. The zero-order chi connectivity index (χ0) is 10.5. The van der Waals surface area contributed by atoms with E-state index in [1.54, 1.807) is 0 Å². The molecule has 2 amide bonds. The highest BCUT2D eigenvalue weighted by Crippen LogP contribution is 2.18. The van der Waals surface area contributed by atoms with Crippen LogP contribution in [0.25, 0.3) is 0 Å².